The van der Waals surface area contributed by atoms with Crippen LogP contribution in [0.25, 0.3) is 0 Å². The standard InChI is InChI=1S/C11H15FN2O3S2/c1-2-14-19(16,17)6-5-13-11(15)8-3-4-9(12)10(18)7-8/h3-4,7,14,18H,2,5-6H2,1H3,(H,13,15). The highest BCUT2D eigenvalue weighted by Gasteiger charge is 2.11. The number of hydrogen-bond acceptors (Lipinski definition) is 4. The Hall–Kier alpha value is -1.12. The van der Waals surface area contributed by atoms with Gasteiger partial charge in [0.25, 0.3) is 5.91 Å². The molecule has 1 aromatic rings. The molecule has 0 aliphatic carbocycles. The van der Waals surface area contributed by atoms with Crippen LogP contribution in [0.4, 0.5) is 4.39 Å². The second kappa shape index (κ2) is 6.88. The minimum Gasteiger partial charge on any atom is -0.351 e. The lowest BCUT2D eigenvalue weighted by atomic mass is 10.2. The molecule has 0 aromatic heterocycles. The fourth-order valence-electron chi connectivity index (χ4n) is 1.35. The second-order valence-electron chi connectivity index (χ2n) is 3.74. The Labute approximate surface area is 117 Å². The average Bonchev–Trinajstić information content (AvgIpc) is 2.32. The van der Waals surface area contributed by atoms with Gasteiger partial charge in [0.15, 0.2) is 0 Å². The van der Waals surface area contributed by atoms with E-state index in [9.17, 15) is 17.6 Å². The molecule has 1 aromatic carbocycles. The van der Waals surface area contributed by atoms with E-state index in [1.54, 1.807) is 6.92 Å². The van der Waals surface area contributed by atoms with E-state index in [0.717, 1.165) is 6.07 Å². The van der Waals surface area contributed by atoms with Crippen molar-refractivity contribution in [2.75, 3.05) is 18.8 Å². The van der Waals surface area contributed by atoms with E-state index < -0.39 is 21.7 Å². The first-order valence-electron chi connectivity index (χ1n) is 5.60. The fourth-order valence-corrected chi connectivity index (χ4v) is 2.52. The molecule has 0 unspecified atom stereocenters. The maximum atomic E-state index is 13.0. The molecule has 19 heavy (non-hydrogen) atoms. The molecule has 0 aliphatic rings. The molecule has 5 nitrogen and oxygen atoms in total. The van der Waals surface area contributed by atoms with Gasteiger partial charge in [0.05, 0.1) is 5.75 Å². The third-order valence-electron chi connectivity index (χ3n) is 2.23. The van der Waals surface area contributed by atoms with E-state index in [1.807, 2.05) is 0 Å². The van der Waals surface area contributed by atoms with E-state index in [4.69, 9.17) is 0 Å². The number of benzene rings is 1. The third-order valence-corrected chi connectivity index (χ3v) is 4.04. The summed E-state index contributed by atoms with van der Waals surface area (Å²) >= 11 is 3.87. The normalized spacial score (nSPS) is 11.3. The second-order valence-corrected chi connectivity index (χ2v) is 6.15. The first-order valence-corrected chi connectivity index (χ1v) is 7.69. The van der Waals surface area contributed by atoms with Crippen LogP contribution in [0.2, 0.25) is 0 Å². The predicted molar refractivity (Wildman–Crippen MR) is 73.4 cm³/mol. The van der Waals surface area contributed by atoms with Gasteiger partial charge < -0.3 is 5.32 Å². The Morgan fingerprint density at radius 1 is 1.42 bits per heavy atom. The largest absolute Gasteiger partial charge is 0.351 e. The van der Waals surface area contributed by atoms with E-state index in [1.165, 1.54) is 12.1 Å². The van der Waals surface area contributed by atoms with Crippen LogP contribution in [0.5, 0.6) is 0 Å². The minimum absolute atomic E-state index is 0.0204. The average molecular weight is 306 g/mol. The molecule has 0 atom stereocenters. The number of hydrogen-bond donors (Lipinski definition) is 3. The monoisotopic (exact) mass is 306 g/mol. The quantitative estimate of drug-likeness (QED) is 0.680. The van der Waals surface area contributed by atoms with Crippen molar-refractivity contribution in [3.8, 4) is 0 Å². The van der Waals surface area contributed by atoms with Gasteiger partial charge in [0, 0.05) is 23.5 Å². The van der Waals surface area contributed by atoms with Gasteiger partial charge in [-0.25, -0.2) is 17.5 Å². The third kappa shape index (κ3) is 5.17. The molecule has 0 aliphatic heterocycles. The summed E-state index contributed by atoms with van der Waals surface area (Å²) in [6.07, 6.45) is 0. The van der Waals surface area contributed by atoms with Crippen molar-refractivity contribution in [3.63, 3.8) is 0 Å². The molecule has 1 amide bonds. The molecule has 0 saturated carbocycles. The lowest BCUT2D eigenvalue weighted by molar-refractivity contribution is 0.0956. The Kier molecular flexibility index (Phi) is 5.77. The van der Waals surface area contributed by atoms with Gasteiger partial charge in [-0.15, -0.1) is 12.6 Å². The lowest BCUT2D eigenvalue weighted by Gasteiger charge is -2.07. The molecule has 0 fully saturated rings. The highest BCUT2D eigenvalue weighted by atomic mass is 32.2. The van der Waals surface area contributed by atoms with Crippen LogP contribution >= 0.6 is 12.6 Å². The molecule has 0 saturated heterocycles. The van der Waals surface area contributed by atoms with Crippen molar-refractivity contribution < 1.29 is 17.6 Å². The molecule has 0 spiro atoms. The Morgan fingerprint density at radius 3 is 2.68 bits per heavy atom. The highest BCUT2D eigenvalue weighted by molar-refractivity contribution is 7.89. The van der Waals surface area contributed by atoms with Gasteiger partial charge in [0.1, 0.15) is 5.82 Å². The van der Waals surface area contributed by atoms with Crippen LogP contribution in [-0.2, 0) is 10.0 Å². The van der Waals surface area contributed by atoms with Crippen LogP contribution in [0, 0.1) is 5.82 Å². The number of carbonyl (C=O) groups excluding carboxylic acids is 1. The highest BCUT2D eigenvalue weighted by Crippen LogP contribution is 2.13. The van der Waals surface area contributed by atoms with Gasteiger partial charge in [-0.3, -0.25) is 4.79 Å². The first-order chi connectivity index (χ1) is 8.85. The van der Waals surface area contributed by atoms with Gasteiger partial charge in [-0.1, -0.05) is 6.92 Å². The predicted octanol–water partition coefficient (Wildman–Crippen LogP) is 0.783. The smallest absolute Gasteiger partial charge is 0.251 e. The Bertz CT molecular complexity index is 561. The summed E-state index contributed by atoms with van der Waals surface area (Å²) in [4.78, 5) is 11.7. The topological polar surface area (TPSA) is 75.3 Å². The summed E-state index contributed by atoms with van der Waals surface area (Å²) in [7, 11) is -3.36. The first kappa shape index (κ1) is 15.9. The zero-order valence-corrected chi connectivity index (χ0v) is 12.0. The maximum absolute atomic E-state index is 13.0. The number of halogens is 1. The Morgan fingerprint density at radius 2 is 2.11 bits per heavy atom. The van der Waals surface area contributed by atoms with Crippen LogP contribution in [0.3, 0.4) is 0 Å². The number of carbonyl (C=O) groups is 1. The van der Waals surface area contributed by atoms with Crippen molar-refractivity contribution in [1.82, 2.24) is 10.0 Å². The van der Waals surface area contributed by atoms with E-state index >= 15 is 0 Å². The number of sulfonamides is 1. The van der Waals surface area contributed by atoms with Crippen molar-refractivity contribution in [3.05, 3.63) is 29.6 Å². The molecule has 0 heterocycles. The zero-order valence-electron chi connectivity index (χ0n) is 10.3. The Balaban J connectivity index is 2.54. The summed E-state index contributed by atoms with van der Waals surface area (Å²) < 4.78 is 37.9. The van der Waals surface area contributed by atoms with Gasteiger partial charge in [-0.2, -0.15) is 0 Å². The molecule has 0 bridgehead atoms. The molecule has 2 N–H and O–H groups in total. The van der Waals surface area contributed by atoms with E-state index in [2.05, 4.69) is 22.7 Å². The van der Waals surface area contributed by atoms with Crippen LogP contribution < -0.4 is 10.0 Å². The molecule has 8 heteroatoms. The summed E-state index contributed by atoms with van der Waals surface area (Å²) in [5, 5.41) is 2.45. The van der Waals surface area contributed by atoms with Crippen molar-refractivity contribution in [1.29, 1.82) is 0 Å². The summed E-state index contributed by atoms with van der Waals surface area (Å²) in [5.41, 5.74) is 0.229. The van der Waals surface area contributed by atoms with Gasteiger partial charge in [-0.05, 0) is 18.2 Å². The minimum atomic E-state index is -3.36. The van der Waals surface area contributed by atoms with Crippen LogP contribution in [-0.4, -0.2) is 33.2 Å². The number of amides is 1. The summed E-state index contributed by atoms with van der Waals surface area (Å²) in [6.45, 7) is 1.95. The summed E-state index contributed by atoms with van der Waals surface area (Å²) in [6, 6.07) is 3.72. The number of thiol groups is 1. The van der Waals surface area contributed by atoms with Crippen molar-refractivity contribution in [2.24, 2.45) is 0 Å². The molecule has 0 radical (unpaired) electrons. The fraction of sp³-hybridized carbons (Fsp3) is 0.364. The van der Waals surface area contributed by atoms with Crippen molar-refractivity contribution in [2.45, 2.75) is 11.8 Å². The maximum Gasteiger partial charge on any atom is 0.251 e. The SMILES string of the molecule is CCNS(=O)(=O)CCNC(=O)c1ccc(F)c(S)c1. The number of rotatable bonds is 6. The lowest BCUT2D eigenvalue weighted by Crippen LogP contribution is -2.34. The van der Waals surface area contributed by atoms with E-state index in [0.29, 0.717) is 6.54 Å². The van der Waals surface area contributed by atoms with E-state index in [-0.39, 0.29) is 22.8 Å². The molecular weight excluding hydrogens is 291 g/mol. The summed E-state index contributed by atoms with van der Waals surface area (Å²) in [5.74, 6) is -1.20. The zero-order chi connectivity index (χ0) is 14.5. The van der Waals surface area contributed by atoms with Crippen LogP contribution in [0.1, 0.15) is 17.3 Å². The van der Waals surface area contributed by atoms with Gasteiger partial charge >= 0.3 is 0 Å². The van der Waals surface area contributed by atoms with Gasteiger partial charge in [0.2, 0.25) is 10.0 Å². The molecule has 106 valence electrons. The van der Waals surface area contributed by atoms with Crippen LogP contribution in [0.15, 0.2) is 23.1 Å². The molecule has 1 rings (SSSR count). The number of nitrogens with one attached hydrogen (secondary N) is 2. The van der Waals surface area contributed by atoms with Crippen molar-refractivity contribution >= 4 is 28.6 Å². The molecular formula is C11H15FN2O3S2.